The predicted molar refractivity (Wildman–Crippen MR) is 80.4 cm³/mol. The third kappa shape index (κ3) is 5.85. The number of amides is 1. The number of aryl methyl sites for hydroxylation is 2. The highest BCUT2D eigenvalue weighted by Gasteiger charge is 2.23. The van der Waals surface area contributed by atoms with E-state index in [-0.39, 0.29) is 24.9 Å². The molecule has 116 valence electrons. The molecule has 0 aliphatic rings. The Morgan fingerprint density at radius 3 is 2.24 bits per heavy atom. The number of carboxylic acids is 1. The molecule has 0 spiro atoms. The lowest BCUT2D eigenvalue weighted by molar-refractivity contribution is -0.143. The summed E-state index contributed by atoms with van der Waals surface area (Å²) in [4.78, 5) is 22.7. The van der Waals surface area contributed by atoms with Crippen LogP contribution >= 0.6 is 0 Å². The zero-order valence-electron chi connectivity index (χ0n) is 13.0. The van der Waals surface area contributed by atoms with Crippen molar-refractivity contribution in [2.45, 2.75) is 40.2 Å². The summed E-state index contributed by atoms with van der Waals surface area (Å²) in [7, 11) is 0. The van der Waals surface area contributed by atoms with Crippen molar-refractivity contribution in [3.05, 3.63) is 29.3 Å². The second-order valence-corrected chi connectivity index (χ2v) is 5.55. The number of hydrogen-bond acceptors (Lipinski definition) is 3. The first-order valence-corrected chi connectivity index (χ1v) is 7.03. The minimum absolute atomic E-state index is 0.128. The van der Waals surface area contributed by atoms with Gasteiger partial charge in [0.1, 0.15) is 11.8 Å². The Hall–Kier alpha value is -2.04. The Bertz CT molecular complexity index is 491. The molecule has 5 heteroatoms. The summed E-state index contributed by atoms with van der Waals surface area (Å²) in [5, 5.41) is 11.5. The van der Waals surface area contributed by atoms with Gasteiger partial charge in [-0.1, -0.05) is 19.9 Å². The smallest absolute Gasteiger partial charge is 0.326 e. The van der Waals surface area contributed by atoms with Crippen molar-refractivity contribution in [3.63, 3.8) is 0 Å². The van der Waals surface area contributed by atoms with Crippen molar-refractivity contribution in [1.29, 1.82) is 0 Å². The third-order valence-electron chi connectivity index (χ3n) is 3.04. The topological polar surface area (TPSA) is 75.6 Å². The van der Waals surface area contributed by atoms with E-state index < -0.39 is 12.0 Å². The normalized spacial score (nSPS) is 12.0. The maximum Gasteiger partial charge on any atom is 0.326 e. The third-order valence-corrected chi connectivity index (χ3v) is 3.04. The summed E-state index contributed by atoms with van der Waals surface area (Å²) in [6.45, 7) is 7.69. The molecule has 1 aromatic carbocycles. The molecule has 0 fully saturated rings. The number of aliphatic carboxylic acids is 1. The monoisotopic (exact) mass is 293 g/mol. The highest BCUT2D eigenvalue weighted by molar-refractivity contribution is 5.83. The fourth-order valence-corrected chi connectivity index (χ4v) is 2.04. The molecule has 1 atom stereocenters. The molecule has 0 radical (unpaired) electrons. The number of carbonyl (C=O) groups is 2. The van der Waals surface area contributed by atoms with E-state index in [1.165, 1.54) is 0 Å². The lowest BCUT2D eigenvalue weighted by Gasteiger charge is -2.18. The van der Waals surface area contributed by atoms with E-state index in [1.54, 1.807) is 13.8 Å². The molecule has 1 aromatic rings. The Kier molecular flexibility index (Phi) is 6.21. The molecule has 2 N–H and O–H groups in total. The van der Waals surface area contributed by atoms with Gasteiger partial charge >= 0.3 is 5.97 Å². The van der Waals surface area contributed by atoms with Gasteiger partial charge in [-0.05, 0) is 43.0 Å². The van der Waals surface area contributed by atoms with Gasteiger partial charge in [0.15, 0.2) is 0 Å². The number of ether oxygens (including phenoxy) is 1. The highest BCUT2D eigenvalue weighted by atomic mass is 16.5. The number of benzene rings is 1. The summed E-state index contributed by atoms with van der Waals surface area (Å²) in [5.74, 6) is -0.778. The molecule has 0 heterocycles. The van der Waals surface area contributed by atoms with E-state index in [0.717, 1.165) is 16.9 Å². The Morgan fingerprint density at radius 2 is 1.76 bits per heavy atom. The van der Waals surface area contributed by atoms with Gasteiger partial charge in [0.25, 0.3) is 0 Å². The molecular weight excluding hydrogens is 270 g/mol. The van der Waals surface area contributed by atoms with Gasteiger partial charge in [-0.2, -0.15) is 0 Å². The van der Waals surface area contributed by atoms with Crippen LogP contribution in [0.4, 0.5) is 0 Å². The predicted octanol–water partition coefficient (Wildman–Crippen LogP) is 2.30. The molecular formula is C16H23NO4. The maximum atomic E-state index is 11.7. The summed E-state index contributed by atoms with van der Waals surface area (Å²) in [6.07, 6.45) is 0.128. The molecule has 1 amide bonds. The van der Waals surface area contributed by atoms with Crippen LogP contribution in [0.5, 0.6) is 5.75 Å². The van der Waals surface area contributed by atoms with Gasteiger partial charge in [-0.15, -0.1) is 0 Å². The van der Waals surface area contributed by atoms with Crippen molar-refractivity contribution in [2.75, 3.05) is 6.61 Å². The molecule has 0 saturated heterocycles. The number of hydrogen-bond donors (Lipinski definition) is 2. The Labute approximate surface area is 125 Å². The van der Waals surface area contributed by atoms with E-state index >= 15 is 0 Å². The summed E-state index contributed by atoms with van der Waals surface area (Å²) in [6, 6.07) is 4.98. The van der Waals surface area contributed by atoms with Crippen molar-refractivity contribution in [3.8, 4) is 5.75 Å². The molecule has 21 heavy (non-hydrogen) atoms. The second kappa shape index (κ2) is 7.67. The molecule has 0 unspecified atom stereocenters. The van der Waals surface area contributed by atoms with E-state index in [9.17, 15) is 9.59 Å². The van der Waals surface area contributed by atoms with Crippen LogP contribution in [0.2, 0.25) is 0 Å². The van der Waals surface area contributed by atoms with Gasteiger partial charge in [-0.3, -0.25) is 4.79 Å². The van der Waals surface area contributed by atoms with Crippen LogP contribution in [0.25, 0.3) is 0 Å². The summed E-state index contributed by atoms with van der Waals surface area (Å²) in [5.41, 5.74) is 2.19. The minimum Gasteiger partial charge on any atom is -0.493 e. The number of carboxylic acid groups (broad SMARTS) is 1. The summed E-state index contributed by atoms with van der Waals surface area (Å²) >= 11 is 0. The van der Waals surface area contributed by atoms with Gasteiger partial charge in [-0.25, -0.2) is 4.79 Å². The van der Waals surface area contributed by atoms with Gasteiger partial charge in [0, 0.05) is 0 Å². The van der Waals surface area contributed by atoms with Gasteiger partial charge in [0.05, 0.1) is 13.0 Å². The maximum absolute atomic E-state index is 11.7. The lowest BCUT2D eigenvalue weighted by Crippen LogP contribution is -2.44. The molecule has 1 rings (SSSR count). The average molecular weight is 293 g/mol. The van der Waals surface area contributed by atoms with Crippen molar-refractivity contribution < 1.29 is 19.4 Å². The fourth-order valence-electron chi connectivity index (χ4n) is 2.04. The molecule has 0 aromatic heterocycles. The first kappa shape index (κ1) is 17.0. The number of nitrogens with one attached hydrogen (secondary N) is 1. The molecule has 0 saturated carbocycles. The first-order valence-electron chi connectivity index (χ1n) is 7.03. The largest absolute Gasteiger partial charge is 0.493 e. The zero-order chi connectivity index (χ0) is 16.0. The van der Waals surface area contributed by atoms with Gasteiger partial charge < -0.3 is 15.2 Å². The Balaban J connectivity index is 2.44. The highest BCUT2D eigenvalue weighted by Crippen LogP contribution is 2.16. The van der Waals surface area contributed by atoms with Crippen LogP contribution in [0, 0.1) is 19.8 Å². The molecule has 5 nitrogen and oxygen atoms in total. The standard InChI is InChI=1S/C16H23NO4/c1-10(2)15(16(19)20)17-14(18)5-6-21-13-8-11(3)7-12(4)9-13/h7-10,15H,5-6H2,1-4H3,(H,17,18)(H,19,20)/t15-/m1/s1. The molecule has 0 aliphatic heterocycles. The van der Waals surface area contributed by atoms with Crippen LogP contribution in [-0.4, -0.2) is 29.6 Å². The first-order chi connectivity index (χ1) is 9.79. The van der Waals surface area contributed by atoms with Crippen LogP contribution < -0.4 is 10.1 Å². The van der Waals surface area contributed by atoms with Crippen LogP contribution in [0.3, 0.4) is 0 Å². The van der Waals surface area contributed by atoms with Gasteiger partial charge in [0.2, 0.25) is 5.91 Å². The minimum atomic E-state index is -1.02. The van der Waals surface area contributed by atoms with E-state index in [4.69, 9.17) is 9.84 Å². The van der Waals surface area contributed by atoms with E-state index in [1.807, 2.05) is 32.0 Å². The van der Waals surface area contributed by atoms with Crippen LogP contribution in [-0.2, 0) is 9.59 Å². The molecule has 0 aliphatic carbocycles. The molecule has 0 bridgehead atoms. The Morgan fingerprint density at radius 1 is 1.19 bits per heavy atom. The van der Waals surface area contributed by atoms with Crippen molar-refractivity contribution >= 4 is 11.9 Å². The quantitative estimate of drug-likeness (QED) is 0.809. The van der Waals surface area contributed by atoms with Crippen molar-refractivity contribution in [1.82, 2.24) is 5.32 Å². The summed E-state index contributed by atoms with van der Waals surface area (Å²) < 4.78 is 5.53. The second-order valence-electron chi connectivity index (χ2n) is 5.55. The van der Waals surface area contributed by atoms with Crippen molar-refractivity contribution in [2.24, 2.45) is 5.92 Å². The zero-order valence-corrected chi connectivity index (χ0v) is 13.0. The average Bonchev–Trinajstić information content (AvgIpc) is 2.34. The van der Waals surface area contributed by atoms with Crippen LogP contribution in [0.1, 0.15) is 31.4 Å². The fraction of sp³-hybridized carbons (Fsp3) is 0.500. The number of carbonyl (C=O) groups excluding carboxylic acids is 1. The SMILES string of the molecule is Cc1cc(C)cc(OCCC(=O)N[C@@H](C(=O)O)C(C)C)c1. The number of rotatable bonds is 7. The van der Waals surface area contributed by atoms with E-state index in [0.29, 0.717) is 0 Å². The van der Waals surface area contributed by atoms with Crippen LogP contribution in [0.15, 0.2) is 18.2 Å². The lowest BCUT2D eigenvalue weighted by atomic mass is 10.0. The van der Waals surface area contributed by atoms with E-state index in [2.05, 4.69) is 5.32 Å².